The molecule has 2 rings (SSSR count). The van der Waals surface area contributed by atoms with Crippen molar-refractivity contribution in [1.82, 2.24) is 10.3 Å². The van der Waals surface area contributed by atoms with Crippen molar-refractivity contribution < 1.29 is 9.53 Å². The summed E-state index contributed by atoms with van der Waals surface area (Å²) in [5.74, 6) is 0.880. The minimum Gasteiger partial charge on any atom is -0.378 e. The largest absolute Gasteiger partial charge is 0.378 e. The number of nitrogens with one attached hydrogen (secondary N) is 2. The van der Waals surface area contributed by atoms with E-state index in [1.165, 1.54) is 0 Å². The molecule has 6 nitrogen and oxygen atoms in total. The van der Waals surface area contributed by atoms with E-state index in [0.29, 0.717) is 12.6 Å². The van der Waals surface area contributed by atoms with E-state index in [4.69, 9.17) is 4.74 Å². The molecule has 1 atom stereocenters. The number of rotatable bonds is 6. The van der Waals surface area contributed by atoms with Crippen LogP contribution in [0.4, 0.5) is 11.5 Å². The molecule has 6 heteroatoms. The summed E-state index contributed by atoms with van der Waals surface area (Å²) >= 11 is 0. The molecule has 1 fully saturated rings. The van der Waals surface area contributed by atoms with Gasteiger partial charge in [0.1, 0.15) is 5.82 Å². The third kappa shape index (κ3) is 4.99. The van der Waals surface area contributed by atoms with Crippen molar-refractivity contribution in [2.45, 2.75) is 26.3 Å². The molecule has 2 N–H and O–H groups in total. The highest BCUT2D eigenvalue weighted by atomic mass is 16.5. The van der Waals surface area contributed by atoms with Crippen molar-refractivity contribution in [2.24, 2.45) is 0 Å². The molecule has 0 radical (unpaired) electrons. The van der Waals surface area contributed by atoms with Gasteiger partial charge in [-0.25, -0.2) is 4.98 Å². The number of hydrogen-bond donors (Lipinski definition) is 2. The van der Waals surface area contributed by atoms with Crippen molar-refractivity contribution in [2.75, 3.05) is 43.1 Å². The number of nitrogens with zero attached hydrogens (tertiary/aromatic N) is 2. The van der Waals surface area contributed by atoms with Crippen LogP contribution in [0.5, 0.6) is 0 Å². The van der Waals surface area contributed by atoms with Crippen LogP contribution in [0, 0.1) is 0 Å². The Morgan fingerprint density at radius 3 is 2.81 bits per heavy atom. The van der Waals surface area contributed by atoms with E-state index in [1.54, 1.807) is 6.20 Å². The van der Waals surface area contributed by atoms with Crippen LogP contribution in [0.2, 0.25) is 0 Å². The number of morpholine rings is 1. The van der Waals surface area contributed by atoms with Crippen LogP contribution in [-0.2, 0) is 9.53 Å². The number of amides is 1. The van der Waals surface area contributed by atoms with Crippen LogP contribution < -0.4 is 15.5 Å². The number of pyridine rings is 1. The standard InChI is InChI=1S/C15H24N4O2/c1-3-12(2)16-11-15(20)18-13-4-5-14(17-10-13)19-6-8-21-9-7-19/h4-5,10,12,16H,3,6-9,11H2,1-2H3,(H,18,20). The van der Waals surface area contributed by atoms with Gasteiger partial charge in [0.15, 0.2) is 0 Å². The molecule has 0 aliphatic carbocycles. The van der Waals surface area contributed by atoms with Gasteiger partial charge < -0.3 is 20.3 Å². The number of aromatic nitrogens is 1. The van der Waals surface area contributed by atoms with Gasteiger partial charge in [-0.2, -0.15) is 0 Å². The van der Waals surface area contributed by atoms with Crippen LogP contribution in [0.1, 0.15) is 20.3 Å². The Hall–Kier alpha value is -1.66. The van der Waals surface area contributed by atoms with Crippen LogP contribution in [-0.4, -0.2) is 49.8 Å². The summed E-state index contributed by atoms with van der Waals surface area (Å²) in [6.45, 7) is 7.66. The highest BCUT2D eigenvalue weighted by Crippen LogP contribution is 2.15. The third-order valence-corrected chi connectivity index (χ3v) is 3.59. The molecular formula is C15H24N4O2. The van der Waals surface area contributed by atoms with Gasteiger partial charge in [0.05, 0.1) is 31.6 Å². The zero-order valence-corrected chi connectivity index (χ0v) is 12.8. The van der Waals surface area contributed by atoms with Crippen LogP contribution in [0.3, 0.4) is 0 Å². The quantitative estimate of drug-likeness (QED) is 0.826. The molecule has 0 bridgehead atoms. The van der Waals surface area contributed by atoms with Crippen LogP contribution >= 0.6 is 0 Å². The van der Waals surface area contributed by atoms with Gasteiger partial charge in [-0.05, 0) is 25.5 Å². The van der Waals surface area contributed by atoms with E-state index in [-0.39, 0.29) is 5.91 Å². The smallest absolute Gasteiger partial charge is 0.238 e. The average Bonchev–Trinajstić information content (AvgIpc) is 2.54. The van der Waals surface area contributed by atoms with Gasteiger partial charge in [-0.1, -0.05) is 6.92 Å². The molecule has 0 spiro atoms. The molecule has 0 aromatic carbocycles. The van der Waals surface area contributed by atoms with Gasteiger partial charge in [0, 0.05) is 19.1 Å². The average molecular weight is 292 g/mol. The zero-order valence-electron chi connectivity index (χ0n) is 12.8. The van der Waals surface area contributed by atoms with Gasteiger partial charge in [-0.3, -0.25) is 4.79 Å². The summed E-state index contributed by atoms with van der Waals surface area (Å²) < 4.78 is 5.32. The van der Waals surface area contributed by atoms with Gasteiger partial charge in [0.25, 0.3) is 0 Å². The summed E-state index contributed by atoms with van der Waals surface area (Å²) in [7, 11) is 0. The maximum absolute atomic E-state index is 11.8. The van der Waals surface area contributed by atoms with Crippen molar-refractivity contribution in [3.63, 3.8) is 0 Å². The lowest BCUT2D eigenvalue weighted by atomic mass is 10.2. The Morgan fingerprint density at radius 1 is 1.43 bits per heavy atom. The number of ether oxygens (including phenoxy) is 1. The second kappa shape index (κ2) is 7.95. The SMILES string of the molecule is CCC(C)NCC(=O)Nc1ccc(N2CCOCC2)nc1. The van der Waals surface area contributed by atoms with E-state index in [1.807, 2.05) is 12.1 Å². The lowest BCUT2D eigenvalue weighted by molar-refractivity contribution is -0.115. The Balaban J connectivity index is 1.82. The maximum Gasteiger partial charge on any atom is 0.238 e. The first-order valence-electron chi connectivity index (χ1n) is 7.51. The molecule has 116 valence electrons. The van der Waals surface area contributed by atoms with Crippen LogP contribution in [0.25, 0.3) is 0 Å². The predicted molar refractivity (Wildman–Crippen MR) is 83.7 cm³/mol. The molecule has 1 aliphatic heterocycles. The number of carbonyl (C=O) groups is 1. The van der Waals surface area contributed by atoms with E-state index in [0.717, 1.165) is 44.2 Å². The van der Waals surface area contributed by atoms with E-state index in [2.05, 4.69) is 34.4 Å². The Bertz CT molecular complexity index is 443. The molecule has 21 heavy (non-hydrogen) atoms. The minimum atomic E-state index is -0.0452. The molecule has 1 aliphatic rings. The van der Waals surface area contributed by atoms with Gasteiger partial charge in [0.2, 0.25) is 5.91 Å². The lowest BCUT2D eigenvalue weighted by Gasteiger charge is -2.27. The number of carbonyl (C=O) groups excluding carboxylic acids is 1. The van der Waals surface area contributed by atoms with E-state index < -0.39 is 0 Å². The first-order chi connectivity index (χ1) is 10.2. The van der Waals surface area contributed by atoms with Crippen molar-refractivity contribution >= 4 is 17.4 Å². The molecular weight excluding hydrogens is 268 g/mol. The topological polar surface area (TPSA) is 66.5 Å². The molecule has 0 saturated carbocycles. The van der Waals surface area contributed by atoms with Crippen molar-refractivity contribution in [3.8, 4) is 0 Å². The second-order valence-corrected chi connectivity index (χ2v) is 5.24. The lowest BCUT2D eigenvalue weighted by Crippen LogP contribution is -2.36. The monoisotopic (exact) mass is 292 g/mol. The Labute approximate surface area is 125 Å². The number of anilines is 2. The molecule has 1 aromatic rings. The fraction of sp³-hybridized carbons (Fsp3) is 0.600. The van der Waals surface area contributed by atoms with Gasteiger partial charge >= 0.3 is 0 Å². The van der Waals surface area contributed by atoms with E-state index in [9.17, 15) is 4.79 Å². The van der Waals surface area contributed by atoms with E-state index >= 15 is 0 Å². The Morgan fingerprint density at radius 2 is 2.19 bits per heavy atom. The van der Waals surface area contributed by atoms with Crippen molar-refractivity contribution in [1.29, 1.82) is 0 Å². The molecule has 2 heterocycles. The molecule has 1 saturated heterocycles. The normalized spacial score (nSPS) is 16.6. The fourth-order valence-corrected chi connectivity index (χ4v) is 2.06. The van der Waals surface area contributed by atoms with Gasteiger partial charge in [-0.15, -0.1) is 0 Å². The summed E-state index contributed by atoms with van der Waals surface area (Å²) in [6.07, 6.45) is 2.70. The maximum atomic E-state index is 11.8. The minimum absolute atomic E-state index is 0.0452. The zero-order chi connectivity index (χ0) is 15.1. The first-order valence-corrected chi connectivity index (χ1v) is 7.51. The molecule has 1 aromatic heterocycles. The highest BCUT2D eigenvalue weighted by Gasteiger charge is 2.12. The summed E-state index contributed by atoms with van der Waals surface area (Å²) in [6, 6.07) is 4.17. The summed E-state index contributed by atoms with van der Waals surface area (Å²) in [5, 5.41) is 6.01. The second-order valence-electron chi connectivity index (χ2n) is 5.24. The summed E-state index contributed by atoms with van der Waals surface area (Å²) in [4.78, 5) is 18.4. The summed E-state index contributed by atoms with van der Waals surface area (Å²) in [5.41, 5.74) is 0.725. The first kappa shape index (κ1) is 15.7. The highest BCUT2D eigenvalue weighted by molar-refractivity contribution is 5.92. The Kier molecular flexibility index (Phi) is 5.95. The number of hydrogen-bond acceptors (Lipinski definition) is 5. The van der Waals surface area contributed by atoms with Crippen LogP contribution in [0.15, 0.2) is 18.3 Å². The fourth-order valence-electron chi connectivity index (χ4n) is 2.06. The molecule has 1 unspecified atom stereocenters. The third-order valence-electron chi connectivity index (χ3n) is 3.59. The molecule has 1 amide bonds. The predicted octanol–water partition coefficient (Wildman–Crippen LogP) is 1.24. The van der Waals surface area contributed by atoms with Crippen molar-refractivity contribution in [3.05, 3.63) is 18.3 Å².